The third-order valence-corrected chi connectivity index (χ3v) is 6.06. The Morgan fingerprint density at radius 1 is 1.13 bits per heavy atom. The molecule has 2 heterocycles. The van der Waals surface area contributed by atoms with Crippen molar-refractivity contribution in [3.05, 3.63) is 23.9 Å². The number of carbonyl (C=O) groups excluding carboxylic acids is 2. The Kier molecular flexibility index (Phi) is 8.18. The van der Waals surface area contributed by atoms with E-state index in [0.29, 0.717) is 12.4 Å². The molecule has 8 heteroatoms. The Labute approximate surface area is 179 Å². The summed E-state index contributed by atoms with van der Waals surface area (Å²) >= 11 is 0. The maximum absolute atomic E-state index is 12.6. The van der Waals surface area contributed by atoms with Crippen molar-refractivity contribution in [2.75, 3.05) is 58.3 Å². The number of pyridine rings is 1. The fourth-order valence-corrected chi connectivity index (χ4v) is 4.51. The quantitative estimate of drug-likeness (QED) is 0.665. The van der Waals surface area contributed by atoms with E-state index in [-0.39, 0.29) is 30.4 Å². The molecule has 0 radical (unpaired) electrons. The second-order valence-corrected chi connectivity index (χ2v) is 8.55. The minimum atomic E-state index is -0.180. The highest BCUT2D eigenvalue weighted by molar-refractivity contribution is 5.91. The van der Waals surface area contributed by atoms with Gasteiger partial charge in [-0.1, -0.05) is 25.3 Å². The zero-order valence-corrected chi connectivity index (χ0v) is 18.3. The number of carbonyl (C=O) groups is 2. The number of hydrogen-bond acceptors (Lipinski definition) is 6. The van der Waals surface area contributed by atoms with Crippen molar-refractivity contribution in [1.29, 1.82) is 0 Å². The molecule has 0 unspecified atom stereocenters. The first-order chi connectivity index (χ1) is 14.5. The molecule has 30 heavy (non-hydrogen) atoms. The monoisotopic (exact) mass is 417 g/mol. The lowest BCUT2D eigenvalue weighted by Crippen LogP contribution is -2.60. The summed E-state index contributed by atoms with van der Waals surface area (Å²) in [7, 11) is 1.78. The van der Waals surface area contributed by atoms with Crippen molar-refractivity contribution in [3.8, 4) is 0 Å². The molecule has 0 aromatic carbocycles. The van der Waals surface area contributed by atoms with E-state index < -0.39 is 0 Å². The van der Waals surface area contributed by atoms with Crippen molar-refractivity contribution in [2.45, 2.75) is 44.6 Å². The van der Waals surface area contributed by atoms with Crippen LogP contribution in [0.2, 0.25) is 0 Å². The third kappa shape index (κ3) is 6.48. The number of hydrogen-bond donors (Lipinski definition) is 2. The van der Waals surface area contributed by atoms with Crippen LogP contribution in [0.1, 0.15) is 37.8 Å². The van der Waals surface area contributed by atoms with Crippen molar-refractivity contribution in [3.63, 3.8) is 0 Å². The summed E-state index contributed by atoms with van der Waals surface area (Å²) in [4.78, 5) is 33.3. The third-order valence-electron chi connectivity index (χ3n) is 6.06. The molecule has 0 spiro atoms. The standard InChI is InChI=1S/C22H35N5O3/c1-18-7-6-8-19(24-18)25-21(29)16-26(2)15-20(28)23-17-22(9-4-3-5-10-22)27-11-13-30-14-12-27/h6-8H,3-5,9-17H2,1-2H3,(H,23,28)(H,24,25,29). The SMILES string of the molecule is Cc1cccc(NC(=O)CN(C)CC(=O)NCC2(N3CCOCC3)CCCCC2)n1. The lowest BCUT2D eigenvalue weighted by Gasteiger charge is -2.48. The number of anilines is 1. The van der Waals surface area contributed by atoms with Crippen LogP contribution in [0, 0.1) is 6.92 Å². The van der Waals surface area contributed by atoms with Gasteiger partial charge in [-0.3, -0.25) is 19.4 Å². The molecule has 2 amide bonds. The molecule has 2 aliphatic rings. The number of nitrogens with zero attached hydrogens (tertiary/aromatic N) is 3. The van der Waals surface area contributed by atoms with E-state index in [0.717, 1.165) is 44.8 Å². The van der Waals surface area contributed by atoms with Gasteiger partial charge in [0.05, 0.1) is 26.3 Å². The molecule has 0 atom stereocenters. The van der Waals surface area contributed by atoms with Crippen molar-refractivity contribution >= 4 is 17.6 Å². The summed E-state index contributed by atoms with van der Waals surface area (Å²) in [5.41, 5.74) is 0.891. The minimum absolute atomic E-state index is 0.0443. The van der Waals surface area contributed by atoms with Gasteiger partial charge < -0.3 is 15.4 Å². The summed E-state index contributed by atoms with van der Waals surface area (Å²) in [6.45, 7) is 6.27. The number of likely N-dealkylation sites (N-methyl/N-ethyl adjacent to an activating group) is 1. The van der Waals surface area contributed by atoms with Crippen LogP contribution in [0.3, 0.4) is 0 Å². The molecule has 8 nitrogen and oxygen atoms in total. The smallest absolute Gasteiger partial charge is 0.239 e. The van der Waals surface area contributed by atoms with Gasteiger partial charge in [0, 0.05) is 30.9 Å². The average molecular weight is 418 g/mol. The zero-order chi connectivity index (χ0) is 21.4. The van der Waals surface area contributed by atoms with Crippen LogP contribution in [0.25, 0.3) is 0 Å². The van der Waals surface area contributed by atoms with Crippen molar-refractivity contribution in [2.24, 2.45) is 0 Å². The van der Waals surface area contributed by atoms with Gasteiger partial charge in [0.1, 0.15) is 5.82 Å². The number of rotatable bonds is 8. The number of nitrogens with one attached hydrogen (secondary N) is 2. The van der Waals surface area contributed by atoms with E-state index >= 15 is 0 Å². The predicted octanol–water partition coefficient (Wildman–Crippen LogP) is 1.41. The molecular formula is C22H35N5O3. The largest absolute Gasteiger partial charge is 0.379 e. The molecule has 1 aromatic rings. The molecule has 2 N–H and O–H groups in total. The van der Waals surface area contributed by atoms with Gasteiger partial charge in [-0.05, 0) is 38.9 Å². The van der Waals surface area contributed by atoms with E-state index in [1.165, 1.54) is 19.3 Å². The highest BCUT2D eigenvalue weighted by atomic mass is 16.5. The molecule has 2 fully saturated rings. The fraction of sp³-hybridized carbons (Fsp3) is 0.682. The first-order valence-corrected chi connectivity index (χ1v) is 11.0. The first-order valence-electron chi connectivity index (χ1n) is 11.0. The van der Waals surface area contributed by atoms with Crippen molar-refractivity contribution < 1.29 is 14.3 Å². The lowest BCUT2D eigenvalue weighted by molar-refractivity contribution is -0.124. The Hall–Kier alpha value is -2.03. The molecule has 166 valence electrons. The maximum atomic E-state index is 12.6. The Morgan fingerprint density at radius 3 is 2.53 bits per heavy atom. The van der Waals surface area contributed by atoms with E-state index in [4.69, 9.17) is 4.74 Å². The molecule has 1 aliphatic heterocycles. The van der Waals surface area contributed by atoms with Crippen LogP contribution in [0.4, 0.5) is 5.82 Å². The predicted molar refractivity (Wildman–Crippen MR) is 116 cm³/mol. The van der Waals surface area contributed by atoms with E-state index in [2.05, 4.69) is 20.5 Å². The Bertz CT molecular complexity index is 714. The topological polar surface area (TPSA) is 86.8 Å². The van der Waals surface area contributed by atoms with E-state index in [1.807, 2.05) is 19.1 Å². The number of ether oxygens (including phenoxy) is 1. The highest BCUT2D eigenvalue weighted by Gasteiger charge is 2.38. The number of aromatic nitrogens is 1. The van der Waals surface area contributed by atoms with Crippen molar-refractivity contribution in [1.82, 2.24) is 20.1 Å². The summed E-state index contributed by atoms with van der Waals surface area (Å²) in [6, 6.07) is 5.49. The van der Waals surface area contributed by atoms with E-state index in [1.54, 1.807) is 18.0 Å². The van der Waals surface area contributed by atoms with Gasteiger partial charge in [-0.25, -0.2) is 4.98 Å². The second kappa shape index (κ2) is 10.8. The molecule has 1 saturated carbocycles. The molecule has 0 bridgehead atoms. The zero-order valence-electron chi connectivity index (χ0n) is 18.3. The summed E-state index contributed by atoms with van der Waals surface area (Å²) in [6.07, 6.45) is 5.93. The Morgan fingerprint density at radius 2 is 1.83 bits per heavy atom. The molecule has 1 aromatic heterocycles. The maximum Gasteiger partial charge on any atom is 0.239 e. The average Bonchev–Trinajstić information content (AvgIpc) is 2.73. The van der Waals surface area contributed by atoms with Gasteiger partial charge in [0.2, 0.25) is 11.8 Å². The van der Waals surface area contributed by atoms with Gasteiger partial charge in [-0.2, -0.15) is 0 Å². The second-order valence-electron chi connectivity index (χ2n) is 8.55. The number of amides is 2. The minimum Gasteiger partial charge on any atom is -0.379 e. The summed E-state index contributed by atoms with van der Waals surface area (Å²) in [5, 5.41) is 5.92. The fourth-order valence-electron chi connectivity index (χ4n) is 4.51. The Balaban J connectivity index is 1.45. The van der Waals surface area contributed by atoms with Crippen LogP contribution < -0.4 is 10.6 Å². The van der Waals surface area contributed by atoms with Gasteiger partial charge in [-0.15, -0.1) is 0 Å². The van der Waals surface area contributed by atoms with Crippen LogP contribution in [-0.4, -0.2) is 85.1 Å². The van der Waals surface area contributed by atoms with Gasteiger partial charge in [0.25, 0.3) is 0 Å². The van der Waals surface area contributed by atoms with Gasteiger partial charge >= 0.3 is 0 Å². The summed E-state index contributed by atoms with van der Waals surface area (Å²) < 4.78 is 5.52. The summed E-state index contributed by atoms with van der Waals surface area (Å²) in [5.74, 6) is 0.306. The molecule has 1 saturated heterocycles. The number of morpholine rings is 1. The van der Waals surface area contributed by atoms with Gasteiger partial charge in [0.15, 0.2) is 0 Å². The van der Waals surface area contributed by atoms with E-state index in [9.17, 15) is 9.59 Å². The lowest BCUT2D eigenvalue weighted by atomic mass is 9.79. The van der Waals surface area contributed by atoms with Crippen LogP contribution in [0.15, 0.2) is 18.2 Å². The number of aryl methyl sites for hydroxylation is 1. The highest BCUT2D eigenvalue weighted by Crippen LogP contribution is 2.33. The van der Waals surface area contributed by atoms with Crippen LogP contribution in [0.5, 0.6) is 0 Å². The first kappa shape index (κ1) is 22.7. The molecule has 3 rings (SSSR count). The van der Waals surface area contributed by atoms with Crippen LogP contribution in [-0.2, 0) is 14.3 Å². The molecule has 1 aliphatic carbocycles. The van der Waals surface area contributed by atoms with Crippen LogP contribution >= 0.6 is 0 Å². The normalized spacial score (nSPS) is 19.4. The molecular weight excluding hydrogens is 382 g/mol.